The molecule has 0 spiro atoms. The van der Waals surface area contributed by atoms with Crippen LogP contribution in [0.25, 0.3) is 0 Å². The number of H-pyrrole nitrogens is 5. The number of aliphatic hydroxyl groups excluding tert-OH is 7. The lowest BCUT2D eigenvalue weighted by atomic mass is 9.91. The number of carbonyl (C=O) groups is 1. The number of ether oxygens (including phenoxy) is 5. The van der Waals surface area contributed by atoms with Gasteiger partial charge in [-0.15, -0.1) is 0 Å². The molecule has 0 amide bonds. The van der Waals surface area contributed by atoms with E-state index in [1.165, 1.54) is 29.1 Å². The van der Waals surface area contributed by atoms with Crippen LogP contribution in [0, 0.1) is 5.92 Å². The van der Waals surface area contributed by atoms with Crippen molar-refractivity contribution in [2.45, 2.75) is 299 Å². The highest BCUT2D eigenvalue weighted by Crippen LogP contribution is 2.51. The maximum absolute atomic E-state index is 13.4. The fraction of sp³-hybridized carbons (Fsp3) is 0.716. The number of carbonyl (C=O) groups excluding carboxylic acids is 1. The van der Waals surface area contributed by atoms with E-state index in [4.69, 9.17) is 73.2 Å². The van der Waals surface area contributed by atoms with Crippen molar-refractivity contribution in [3.8, 4) is 0 Å². The highest BCUT2D eigenvalue weighted by atomic mass is 28.5. The summed E-state index contributed by atoms with van der Waals surface area (Å²) in [5.74, 6) is -1.06. The number of fused-ring (bicyclic) bond motifs is 2. The summed E-state index contributed by atoms with van der Waals surface area (Å²) in [5, 5.41) is 86.5. The zero-order valence-electron chi connectivity index (χ0n) is 76.0. The highest BCUT2D eigenvalue weighted by Gasteiger charge is 2.65. The Bertz CT molecular complexity index is 4950. The van der Waals surface area contributed by atoms with Crippen molar-refractivity contribution in [3.05, 3.63) is 166 Å². The fourth-order valence-electron chi connectivity index (χ4n) is 15.6. The van der Waals surface area contributed by atoms with E-state index >= 15 is 0 Å². The molecule has 0 aliphatic carbocycles. The molecule has 5 aromatic heterocycles. The van der Waals surface area contributed by atoms with Gasteiger partial charge in [0.05, 0.1) is 32.5 Å². The molecule has 41 nitrogen and oxygen atoms in total. The van der Waals surface area contributed by atoms with Gasteiger partial charge in [-0.3, -0.25) is 76.5 Å². The van der Waals surface area contributed by atoms with Crippen molar-refractivity contribution in [2.75, 3.05) is 33.5 Å². The van der Waals surface area contributed by atoms with Gasteiger partial charge in [-0.25, -0.2) is 24.0 Å². The molecule has 7 saturated heterocycles. The van der Waals surface area contributed by atoms with E-state index in [1.54, 1.807) is 13.8 Å². The fourth-order valence-corrected chi connectivity index (χ4v) is 38.0. The Balaban J connectivity index is 0.000000218. The van der Waals surface area contributed by atoms with Crippen molar-refractivity contribution >= 4 is 40.0 Å². The number of aromatic nitrogens is 10. The summed E-state index contributed by atoms with van der Waals surface area (Å²) in [7, 11) is -10.4. The molecule has 7 fully saturated rings. The summed E-state index contributed by atoms with van der Waals surface area (Å²) < 4.78 is 119. The Morgan fingerprint density at radius 3 is 1.13 bits per heavy atom. The van der Waals surface area contributed by atoms with E-state index in [-0.39, 0.29) is 63.3 Å². The third-order valence-corrected chi connectivity index (χ3v) is 42.7. The van der Waals surface area contributed by atoms with E-state index in [2.05, 4.69) is 121 Å². The lowest BCUT2D eigenvalue weighted by Gasteiger charge is -2.51. The Morgan fingerprint density at radius 2 is 0.782 bits per heavy atom. The summed E-state index contributed by atoms with van der Waals surface area (Å²) >= 11 is 0. The molecule has 19 atom stereocenters. The number of hydrogen-bond acceptors (Lipinski definition) is 31. The van der Waals surface area contributed by atoms with Crippen molar-refractivity contribution < 1.29 is 109 Å². The number of aromatic amines is 5. The molecular weight excluding hydrogens is 1640 g/mol. The predicted octanol–water partition coefficient (Wildman–Crippen LogP) is 0.237. The second kappa shape index (κ2) is 40.2. The van der Waals surface area contributed by atoms with Gasteiger partial charge in [-0.1, -0.05) is 125 Å². The van der Waals surface area contributed by atoms with Crippen molar-refractivity contribution in [1.82, 2.24) is 47.8 Å². The summed E-state index contributed by atoms with van der Waals surface area (Å²) in [6.07, 6.45) is -11.5. The Hall–Kier alpha value is -6.86. The summed E-state index contributed by atoms with van der Waals surface area (Å²) in [5.41, 5.74) is -10.8. The SMILES string of the molecule is CC(C)[Si]1(C(C)C)OC[C@H]2O[C@@H](n3ccc(=O)[nH]c3=O)C(=O)[C@@H]2O[Si](C(C)C)(C(C)C)O1.CC(C)[Si]1(C(C)C)OC[C@H]2O[C@@H](n3ccc(=O)[nH]c3=O)[C@H](O)[C@@H]2O[Si](C(C)C)(C(C)C)O1.CO.O=c1ccn([C@@H]2O[C@H](CO)[C@@H](O)[C@H]2O)c(=O)[nH]1.[2H][13C]([2H])([2H])[C@]1(O)[C@H](C)[C@@H](CC)O[C@H]1n1ccc(=O)[nH]c1=O.[2H][13C]([2H])([2H])[C@]1(O)[C@H](O)[C@@H](CO)O[C@H]1n1ccc(=O)[nH]c1=O. The van der Waals surface area contributed by atoms with Crippen LogP contribution >= 0.6 is 0 Å². The number of nitrogens with one attached hydrogen (secondary N) is 5. The first kappa shape index (κ1) is 89.9. The van der Waals surface area contributed by atoms with Crippen LogP contribution < -0.4 is 56.2 Å². The monoisotopic (exact) mass is 1770 g/mol. The van der Waals surface area contributed by atoms with E-state index < -0.39 is 233 Å². The molecule has 0 radical (unpaired) electrons. The first-order valence-electron chi connectivity index (χ1n) is 42.3. The third-order valence-electron chi connectivity index (χ3n) is 22.2. The van der Waals surface area contributed by atoms with Gasteiger partial charge in [-0.2, -0.15) is 0 Å². The van der Waals surface area contributed by atoms with Crippen LogP contribution in [-0.2, 0) is 54.4 Å². The lowest BCUT2D eigenvalue weighted by Crippen LogP contribution is -2.65. The maximum atomic E-state index is 13.4. The molecule has 12 rings (SSSR count). The van der Waals surface area contributed by atoms with Crippen LogP contribution in [-0.4, -0.2) is 246 Å². The van der Waals surface area contributed by atoms with Gasteiger partial charge in [0.1, 0.15) is 72.2 Å². The quantitative estimate of drug-likeness (QED) is 0.0465. The van der Waals surface area contributed by atoms with Gasteiger partial charge < -0.3 is 95.6 Å². The van der Waals surface area contributed by atoms with Crippen LogP contribution in [0.5, 0.6) is 0 Å². The Morgan fingerprint density at radius 1 is 0.437 bits per heavy atom. The Kier molecular flexibility index (Phi) is 30.4. The summed E-state index contributed by atoms with van der Waals surface area (Å²) in [6.45, 7) is 30.4. The van der Waals surface area contributed by atoms with Crippen LogP contribution in [0.4, 0.5) is 0 Å². The largest absolute Gasteiger partial charge is 0.414 e. The molecule has 0 bridgehead atoms. The zero-order valence-corrected chi connectivity index (χ0v) is 74.0. The van der Waals surface area contributed by atoms with Gasteiger partial charge in [0, 0.05) is 82.6 Å². The van der Waals surface area contributed by atoms with E-state index in [1.807, 2.05) is 15.0 Å². The normalized spacial score (nSPS) is 32.1. The number of nitrogens with zero attached hydrogens (tertiary/aromatic N) is 5. The number of aliphatic hydroxyl groups is 9. The Labute approximate surface area is 697 Å². The minimum Gasteiger partial charge on any atom is -0.414 e. The molecule has 5 aromatic rings. The number of ketones is 1. The predicted molar refractivity (Wildman–Crippen MR) is 436 cm³/mol. The molecular formula is C74H122N10O31Si4. The molecule has 12 heterocycles. The number of hydrogen-bond donors (Lipinski definition) is 14. The van der Waals surface area contributed by atoms with Gasteiger partial charge in [0.15, 0.2) is 31.1 Å². The molecule has 0 aromatic carbocycles. The topological polar surface area (TPSA) is 575 Å². The van der Waals surface area contributed by atoms with E-state index in [0.29, 0.717) is 11.0 Å². The van der Waals surface area contributed by atoms with Gasteiger partial charge in [-0.05, 0) is 64.5 Å². The van der Waals surface area contributed by atoms with Crippen LogP contribution in [0.3, 0.4) is 0 Å². The number of Topliss-reactive ketones (excluding diaryl/α,β-unsaturated/α-hetero) is 1. The summed E-state index contributed by atoms with van der Waals surface area (Å²) in [4.78, 5) is 139. The molecule has 119 heavy (non-hydrogen) atoms. The maximum Gasteiger partial charge on any atom is 0.335 e. The van der Waals surface area contributed by atoms with Gasteiger partial charge >= 0.3 is 62.7 Å². The van der Waals surface area contributed by atoms with Gasteiger partial charge in [0.2, 0.25) is 5.78 Å². The van der Waals surface area contributed by atoms with Crippen LogP contribution in [0.1, 0.15) is 184 Å². The minimum atomic E-state index is -3.10. The highest BCUT2D eigenvalue weighted by molar-refractivity contribution is 6.84. The second-order valence-corrected chi connectivity index (χ2v) is 50.1. The summed E-state index contributed by atoms with van der Waals surface area (Å²) in [6, 6.07) is 5.53. The average molecular weight is 1770 g/mol. The molecule has 670 valence electrons. The van der Waals surface area contributed by atoms with Crippen LogP contribution in [0.15, 0.2) is 109 Å². The zero-order chi connectivity index (χ0) is 94.6. The van der Waals surface area contributed by atoms with Crippen LogP contribution in [0.2, 0.25) is 44.3 Å². The third kappa shape index (κ3) is 20.5. The molecule has 45 heteroatoms. The standard InChI is InChI=1S/C21H38N2O7Si2.C21H36N2O7Si2.C12H18N2O4.C10H14N2O6.C9H12N2O6.CH4O/c2*1-12(2)31(13(3)4)27-11-16-19(29-32(30-31,14(5)6)15(7)8)18(25)20(28-16)23-10-9-17(24)22-21(23)26;1-4-8-7(2)12(3,17)10(18-8)14-6-5-9(15)13-11(14)16;1-10(17)7(15)5(4-13)18-8(10)12-3-2-6(14)11-9(12)16;12-3-4-6(14)7(15)8(17-4)11-2-1-5(13)10-9(11)16;1-2/h9-10,12-16,18-20,25H,11H2,1-8H3,(H,22,24,26);9-10,12-16,19-20H,11H2,1-8H3,(H,22,24,26);5-8,10,17H,4H2,1-3H3,(H,13,15,16);2-3,5,7-8,13,15,17H,4H2,1H3,(H,11,14,16);1-2,4,6-8,12,14-15H,3H2,(H,10,13,16);2H,1H3/t16-,18-,19-,20-;16-,19-,20-;7-,8-,10-,12+;5-,7-,8-,10+;4-,6-,7-,8-;/m11111./s1/i;;3+1D3;1+1D3;;. The first-order valence-corrected chi connectivity index (χ1v) is 47.1. The molecule has 0 saturated carbocycles. The molecule has 0 unspecified atom stereocenters. The minimum absolute atomic E-state index is 0.0666. The number of rotatable bonds is 16. The first-order chi connectivity index (χ1) is 58.0. The smallest absolute Gasteiger partial charge is 0.335 e. The van der Waals surface area contributed by atoms with Crippen molar-refractivity contribution in [3.63, 3.8) is 0 Å². The van der Waals surface area contributed by atoms with Crippen molar-refractivity contribution in [1.29, 1.82) is 0 Å². The molecule has 14 N–H and O–H groups in total. The molecule has 7 aliphatic heterocycles. The van der Waals surface area contributed by atoms with Crippen molar-refractivity contribution in [2.24, 2.45) is 5.92 Å². The lowest BCUT2D eigenvalue weighted by molar-refractivity contribution is -0.130. The average Bonchev–Trinajstić information content (AvgIpc) is 1.52. The van der Waals surface area contributed by atoms with E-state index in [9.17, 15) is 83.4 Å². The van der Waals surface area contributed by atoms with E-state index in [0.717, 1.165) is 57.6 Å². The van der Waals surface area contributed by atoms with Gasteiger partial charge in [0.25, 0.3) is 27.8 Å². The molecule has 7 aliphatic rings. The second-order valence-electron chi connectivity index (χ2n) is 32.4.